The number of carbonyl (C=O) groups excluding carboxylic acids is 1. The van der Waals surface area contributed by atoms with Crippen molar-refractivity contribution in [2.75, 3.05) is 6.54 Å². The zero-order valence-electron chi connectivity index (χ0n) is 9.96. The van der Waals surface area contributed by atoms with Crippen molar-refractivity contribution in [3.8, 4) is 0 Å². The second kappa shape index (κ2) is 9.17. The fourth-order valence-corrected chi connectivity index (χ4v) is 1.18. The molecule has 1 amide bonds. The summed E-state index contributed by atoms with van der Waals surface area (Å²) in [6.45, 7) is 0.423. The molecule has 0 fully saturated rings. The van der Waals surface area contributed by atoms with Gasteiger partial charge in [-0.2, -0.15) is 0 Å². The number of carboxylic acid groups (broad SMARTS) is 2. The Labute approximate surface area is 105 Å². The van der Waals surface area contributed by atoms with Crippen molar-refractivity contribution in [1.82, 2.24) is 5.32 Å². The van der Waals surface area contributed by atoms with E-state index in [2.05, 4.69) is 5.32 Å². The largest absolute Gasteiger partial charge is 0.480 e. The SMILES string of the molecule is N[C@@H](CCCCNC(=O)CC=CC(=O)O)C(=O)O. The summed E-state index contributed by atoms with van der Waals surface area (Å²) in [6.07, 6.45) is 3.79. The van der Waals surface area contributed by atoms with Crippen LogP contribution in [0.2, 0.25) is 0 Å². The molecule has 0 saturated carbocycles. The van der Waals surface area contributed by atoms with E-state index in [1.165, 1.54) is 6.08 Å². The Balaban J connectivity index is 3.52. The Morgan fingerprint density at radius 1 is 1.22 bits per heavy atom. The first-order chi connectivity index (χ1) is 8.43. The average Bonchev–Trinajstić information content (AvgIpc) is 2.27. The third-order valence-electron chi connectivity index (χ3n) is 2.14. The monoisotopic (exact) mass is 258 g/mol. The van der Waals surface area contributed by atoms with Gasteiger partial charge in [-0.1, -0.05) is 6.08 Å². The topological polar surface area (TPSA) is 130 Å². The lowest BCUT2D eigenvalue weighted by molar-refractivity contribution is -0.138. The molecule has 0 rings (SSSR count). The summed E-state index contributed by atoms with van der Waals surface area (Å²) in [7, 11) is 0. The zero-order chi connectivity index (χ0) is 14.0. The van der Waals surface area contributed by atoms with Crippen LogP contribution in [0.1, 0.15) is 25.7 Å². The average molecular weight is 258 g/mol. The van der Waals surface area contributed by atoms with E-state index < -0.39 is 18.0 Å². The van der Waals surface area contributed by atoms with Gasteiger partial charge in [-0.15, -0.1) is 0 Å². The molecule has 0 aromatic carbocycles. The van der Waals surface area contributed by atoms with E-state index in [0.717, 1.165) is 6.08 Å². The standard InChI is InChI=1S/C11H18N2O5/c12-8(11(17)18)4-1-2-7-13-9(14)5-3-6-10(15)16/h3,6,8H,1-2,4-5,7,12H2,(H,13,14)(H,15,16)(H,17,18)/t8-/m0/s1. The van der Waals surface area contributed by atoms with E-state index in [4.69, 9.17) is 15.9 Å². The van der Waals surface area contributed by atoms with Gasteiger partial charge in [0.05, 0.1) is 0 Å². The fraction of sp³-hybridized carbons (Fsp3) is 0.545. The molecular weight excluding hydrogens is 240 g/mol. The summed E-state index contributed by atoms with van der Waals surface area (Å²) in [5.74, 6) is -2.39. The Morgan fingerprint density at radius 3 is 2.44 bits per heavy atom. The van der Waals surface area contributed by atoms with Gasteiger partial charge in [0.15, 0.2) is 0 Å². The van der Waals surface area contributed by atoms with Crippen LogP contribution in [-0.2, 0) is 14.4 Å². The summed E-state index contributed by atoms with van der Waals surface area (Å²) in [5, 5.41) is 19.4. The van der Waals surface area contributed by atoms with E-state index >= 15 is 0 Å². The second-order valence-corrected chi connectivity index (χ2v) is 3.74. The highest BCUT2D eigenvalue weighted by Gasteiger charge is 2.09. The van der Waals surface area contributed by atoms with E-state index in [9.17, 15) is 14.4 Å². The van der Waals surface area contributed by atoms with Crippen LogP contribution in [-0.4, -0.2) is 40.6 Å². The molecule has 0 radical (unpaired) electrons. The molecule has 0 saturated heterocycles. The number of aliphatic carboxylic acids is 2. The third-order valence-corrected chi connectivity index (χ3v) is 2.14. The maximum atomic E-state index is 11.2. The maximum Gasteiger partial charge on any atom is 0.327 e. The van der Waals surface area contributed by atoms with Crippen molar-refractivity contribution in [2.45, 2.75) is 31.7 Å². The van der Waals surface area contributed by atoms with Crippen LogP contribution >= 0.6 is 0 Å². The summed E-state index contributed by atoms with van der Waals surface area (Å²) in [5.41, 5.74) is 5.30. The normalized spacial score (nSPS) is 12.3. The van der Waals surface area contributed by atoms with Gasteiger partial charge in [-0.3, -0.25) is 9.59 Å². The minimum atomic E-state index is -1.09. The number of rotatable bonds is 9. The van der Waals surface area contributed by atoms with Gasteiger partial charge in [-0.25, -0.2) is 4.79 Å². The lowest BCUT2D eigenvalue weighted by Crippen LogP contribution is -2.30. The Morgan fingerprint density at radius 2 is 1.89 bits per heavy atom. The van der Waals surface area contributed by atoms with Crippen LogP contribution in [0.15, 0.2) is 12.2 Å². The van der Waals surface area contributed by atoms with Crippen molar-refractivity contribution < 1.29 is 24.6 Å². The molecule has 0 aliphatic heterocycles. The molecule has 0 heterocycles. The van der Waals surface area contributed by atoms with Gasteiger partial charge in [0.1, 0.15) is 6.04 Å². The number of carboxylic acids is 2. The van der Waals surface area contributed by atoms with Gasteiger partial charge in [0.25, 0.3) is 0 Å². The molecule has 0 aliphatic carbocycles. The number of nitrogens with one attached hydrogen (secondary N) is 1. The van der Waals surface area contributed by atoms with E-state index in [0.29, 0.717) is 25.8 Å². The smallest absolute Gasteiger partial charge is 0.327 e. The summed E-state index contributed by atoms with van der Waals surface area (Å²) in [4.78, 5) is 31.7. The third kappa shape index (κ3) is 9.34. The second-order valence-electron chi connectivity index (χ2n) is 3.74. The minimum Gasteiger partial charge on any atom is -0.480 e. The van der Waals surface area contributed by atoms with Crippen LogP contribution in [0.5, 0.6) is 0 Å². The van der Waals surface area contributed by atoms with Gasteiger partial charge in [0.2, 0.25) is 5.91 Å². The van der Waals surface area contributed by atoms with Gasteiger partial charge >= 0.3 is 11.9 Å². The quantitative estimate of drug-likeness (QED) is 0.332. The van der Waals surface area contributed by atoms with Crippen LogP contribution in [0.25, 0.3) is 0 Å². The van der Waals surface area contributed by atoms with Crippen molar-refractivity contribution in [2.24, 2.45) is 5.73 Å². The number of unbranched alkanes of at least 4 members (excludes halogenated alkanes) is 1. The Hall–Kier alpha value is -1.89. The highest BCUT2D eigenvalue weighted by atomic mass is 16.4. The number of carbonyl (C=O) groups is 3. The predicted octanol–water partition coefficient (Wildman–Crippen LogP) is -0.284. The molecule has 0 aromatic heterocycles. The molecule has 102 valence electrons. The molecule has 0 aliphatic rings. The lowest BCUT2D eigenvalue weighted by Gasteiger charge is -2.06. The first-order valence-electron chi connectivity index (χ1n) is 5.58. The van der Waals surface area contributed by atoms with Crippen molar-refractivity contribution in [1.29, 1.82) is 0 Å². The Kier molecular flexibility index (Phi) is 8.21. The first kappa shape index (κ1) is 16.1. The number of amides is 1. The van der Waals surface area contributed by atoms with Crippen LogP contribution in [0.3, 0.4) is 0 Å². The molecule has 0 spiro atoms. The highest BCUT2D eigenvalue weighted by Crippen LogP contribution is 1.98. The Bertz CT molecular complexity index is 327. The number of hydrogen-bond acceptors (Lipinski definition) is 4. The fourth-order valence-electron chi connectivity index (χ4n) is 1.18. The van der Waals surface area contributed by atoms with Gasteiger partial charge < -0.3 is 21.3 Å². The zero-order valence-corrected chi connectivity index (χ0v) is 9.96. The molecular formula is C11H18N2O5. The number of nitrogens with two attached hydrogens (primary N) is 1. The molecule has 1 atom stereocenters. The van der Waals surface area contributed by atoms with Crippen molar-refractivity contribution >= 4 is 17.8 Å². The van der Waals surface area contributed by atoms with Crippen LogP contribution < -0.4 is 11.1 Å². The predicted molar refractivity (Wildman–Crippen MR) is 63.9 cm³/mol. The lowest BCUT2D eigenvalue weighted by atomic mass is 10.1. The van der Waals surface area contributed by atoms with E-state index in [-0.39, 0.29) is 12.3 Å². The van der Waals surface area contributed by atoms with Crippen molar-refractivity contribution in [3.63, 3.8) is 0 Å². The minimum absolute atomic E-state index is 0.0148. The molecule has 7 nitrogen and oxygen atoms in total. The molecule has 0 bridgehead atoms. The highest BCUT2D eigenvalue weighted by molar-refractivity contribution is 5.82. The summed E-state index contributed by atoms with van der Waals surface area (Å²) >= 11 is 0. The van der Waals surface area contributed by atoms with Gasteiger partial charge in [0, 0.05) is 19.0 Å². The molecule has 0 unspecified atom stereocenters. The molecule has 0 aromatic rings. The molecule has 18 heavy (non-hydrogen) atoms. The van der Waals surface area contributed by atoms with E-state index in [1.807, 2.05) is 0 Å². The molecule has 7 heteroatoms. The van der Waals surface area contributed by atoms with Crippen LogP contribution in [0, 0.1) is 0 Å². The first-order valence-corrected chi connectivity index (χ1v) is 5.58. The molecule has 5 N–H and O–H groups in total. The number of hydrogen-bond donors (Lipinski definition) is 4. The summed E-state index contributed by atoms with van der Waals surface area (Å²) in [6, 6.07) is -0.862. The van der Waals surface area contributed by atoms with Crippen LogP contribution in [0.4, 0.5) is 0 Å². The van der Waals surface area contributed by atoms with Gasteiger partial charge in [-0.05, 0) is 19.3 Å². The maximum absolute atomic E-state index is 11.2. The van der Waals surface area contributed by atoms with E-state index in [1.54, 1.807) is 0 Å². The van der Waals surface area contributed by atoms with Crippen molar-refractivity contribution in [3.05, 3.63) is 12.2 Å². The summed E-state index contributed by atoms with van der Waals surface area (Å²) < 4.78 is 0.